The fraction of sp³-hybridized carbons (Fsp3) is 0.167. The van der Waals surface area contributed by atoms with Crippen LogP contribution in [0.15, 0.2) is 53.7 Å². The van der Waals surface area contributed by atoms with E-state index >= 15 is 0 Å². The third kappa shape index (κ3) is 2.34. The van der Waals surface area contributed by atoms with Crippen LogP contribution in [0, 0.1) is 23.0 Å². The van der Waals surface area contributed by atoms with Crippen LogP contribution in [0.1, 0.15) is 11.1 Å². The Morgan fingerprint density at radius 1 is 1.12 bits per heavy atom. The number of amides is 2. The third-order valence-corrected chi connectivity index (χ3v) is 4.46. The molecular weight excluding hydrogens is 338 g/mol. The van der Waals surface area contributed by atoms with Gasteiger partial charge in [-0.05, 0) is 19.1 Å². The largest absolute Gasteiger partial charge is 0.381 e. The quantitative estimate of drug-likeness (QED) is 0.479. The van der Waals surface area contributed by atoms with Gasteiger partial charge in [0.2, 0.25) is 12.0 Å². The van der Waals surface area contributed by atoms with Gasteiger partial charge >= 0.3 is 0 Å². The number of rotatable bonds is 3. The molecule has 0 radical (unpaired) electrons. The summed E-state index contributed by atoms with van der Waals surface area (Å²) in [5.74, 6) is -1.86. The van der Waals surface area contributed by atoms with Gasteiger partial charge in [0.15, 0.2) is 0 Å². The Balaban J connectivity index is 1.70. The second-order valence-electron chi connectivity index (χ2n) is 6.14. The average molecular weight is 351 g/mol. The Kier molecular flexibility index (Phi) is 3.54. The third-order valence-electron chi connectivity index (χ3n) is 4.46. The van der Waals surface area contributed by atoms with Gasteiger partial charge in [-0.2, -0.15) is 0 Å². The second kappa shape index (κ2) is 5.76. The fourth-order valence-electron chi connectivity index (χ4n) is 3.14. The van der Waals surface area contributed by atoms with Crippen LogP contribution in [0.3, 0.4) is 0 Å². The van der Waals surface area contributed by atoms with Crippen LogP contribution in [0.5, 0.6) is 0 Å². The Morgan fingerprint density at radius 2 is 1.85 bits per heavy atom. The SMILES string of the molecule is Cc1ccc(N2C(=O)C3ON=C(c4cccc([N+](=O)[O-])c4)C3C2=O)cc1. The lowest BCUT2D eigenvalue weighted by molar-refractivity contribution is -0.384. The predicted molar refractivity (Wildman–Crippen MR) is 91.7 cm³/mol. The number of non-ortho nitro benzene ring substituents is 1. The van der Waals surface area contributed by atoms with Crippen LogP contribution in [-0.4, -0.2) is 28.6 Å². The van der Waals surface area contributed by atoms with Crippen molar-refractivity contribution in [1.82, 2.24) is 0 Å². The first-order valence-electron chi connectivity index (χ1n) is 7.90. The molecule has 0 saturated carbocycles. The lowest BCUT2D eigenvalue weighted by Crippen LogP contribution is -2.33. The van der Waals surface area contributed by atoms with Gasteiger partial charge in [0.25, 0.3) is 11.6 Å². The lowest BCUT2D eigenvalue weighted by Gasteiger charge is -2.15. The molecule has 2 unspecified atom stereocenters. The molecule has 2 heterocycles. The van der Waals surface area contributed by atoms with Crippen molar-refractivity contribution in [2.24, 2.45) is 11.1 Å². The summed E-state index contributed by atoms with van der Waals surface area (Å²) < 4.78 is 0. The highest BCUT2D eigenvalue weighted by molar-refractivity contribution is 6.32. The van der Waals surface area contributed by atoms with Crippen molar-refractivity contribution in [2.45, 2.75) is 13.0 Å². The first-order chi connectivity index (χ1) is 12.5. The zero-order valence-electron chi connectivity index (χ0n) is 13.7. The highest BCUT2D eigenvalue weighted by Gasteiger charge is 2.56. The van der Waals surface area contributed by atoms with E-state index in [0.29, 0.717) is 11.3 Å². The molecular formula is C18H13N3O5. The van der Waals surface area contributed by atoms with E-state index in [0.717, 1.165) is 10.5 Å². The molecule has 26 heavy (non-hydrogen) atoms. The molecule has 0 bridgehead atoms. The van der Waals surface area contributed by atoms with Gasteiger partial charge in [-0.25, -0.2) is 4.90 Å². The molecule has 2 aromatic carbocycles. The highest BCUT2D eigenvalue weighted by Crippen LogP contribution is 2.35. The van der Waals surface area contributed by atoms with Crippen molar-refractivity contribution in [3.63, 3.8) is 0 Å². The molecule has 8 heteroatoms. The Bertz CT molecular complexity index is 967. The van der Waals surface area contributed by atoms with Crippen LogP contribution in [-0.2, 0) is 14.4 Å². The number of aryl methyl sites for hydroxylation is 1. The molecule has 2 atom stereocenters. The van der Waals surface area contributed by atoms with Gasteiger partial charge in [-0.15, -0.1) is 0 Å². The average Bonchev–Trinajstić information content (AvgIpc) is 3.17. The van der Waals surface area contributed by atoms with Gasteiger partial charge in [-0.3, -0.25) is 19.7 Å². The molecule has 1 fully saturated rings. The summed E-state index contributed by atoms with van der Waals surface area (Å²) in [4.78, 5) is 42.3. The molecule has 2 aromatic rings. The number of nitro benzene ring substituents is 1. The summed E-state index contributed by atoms with van der Waals surface area (Å²) in [5, 5.41) is 14.8. The number of hydrogen-bond acceptors (Lipinski definition) is 6. The van der Waals surface area contributed by atoms with Crippen LogP contribution < -0.4 is 4.90 Å². The van der Waals surface area contributed by atoms with Crippen molar-refractivity contribution >= 4 is 28.9 Å². The molecule has 8 nitrogen and oxygen atoms in total. The molecule has 2 aliphatic rings. The minimum atomic E-state index is -1.04. The molecule has 1 saturated heterocycles. The molecule has 4 rings (SSSR count). The van der Waals surface area contributed by atoms with Gasteiger partial charge in [0.05, 0.1) is 10.6 Å². The Labute approximate surface area is 147 Å². The molecule has 0 aromatic heterocycles. The van der Waals surface area contributed by atoms with Gasteiger partial charge in [0.1, 0.15) is 11.6 Å². The minimum Gasteiger partial charge on any atom is -0.381 e. The highest BCUT2D eigenvalue weighted by atomic mass is 16.7. The summed E-state index contributed by atoms with van der Waals surface area (Å²) in [6.07, 6.45) is -1.04. The number of benzene rings is 2. The normalized spacial score (nSPS) is 21.4. The monoisotopic (exact) mass is 351 g/mol. The van der Waals surface area contributed by atoms with E-state index in [1.54, 1.807) is 30.3 Å². The smallest absolute Gasteiger partial charge is 0.278 e. The summed E-state index contributed by atoms with van der Waals surface area (Å²) >= 11 is 0. The number of fused-ring (bicyclic) bond motifs is 1. The summed E-state index contributed by atoms with van der Waals surface area (Å²) in [7, 11) is 0. The summed E-state index contributed by atoms with van der Waals surface area (Å²) in [6, 6.07) is 12.8. The van der Waals surface area contributed by atoms with E-state index in [4.69, 9.17) is 4.84 Å². The molecule has 130 valence electrons. The predicted octanol–water partition coefficient (Wildman–Crippen LogP) is 2.20. The van der Waals surface area contributed by atoms with E-state index in [2.05, 4.69) is 5.16 Å². The summed E-state index contributed by atoms with van der Waals surface area (Å²) in [6.45, 7) is 1.91. The van der Waals surface area contributed by atoms with E-state index in [-0.39, 0.29) is 11.4 Å². The number of imide groups is 1. The Hall–Kier alpha value is -3.55. The molecule has 2 aliphatic heterocycles. The number of carbonyl (C=O) groups excluding carboxylic acids is 2. The minimum absolute atomic E-state index is 0.124. The number of nitro groups is 1. The van der Waals surface area contributed by atoms with Crippen molar-refractivity contribution in [3.05, 3.63) is 69.8 Å². The van der Waals surface area contributed by atoms with Gasteiger partial charge in [-0.1, -0.05) is 35.0 Å². The summed E-state index contributed by atoms with van der Waals surface area (Å²) in [5.41, 5.74) is 1.95. The molecule has 2 amide bonds. The number of carbonyl (C=O) groups is 2. The number of oxime groups is 1. The second-order valence-corrected chi connectivity index (χ2v) is 6.14. The van der Waals surface area contributed by atoms with E-state index in [1.165, 1.54) is 18.2 Å². The number of hydrogen-bond donors (Lipinski definition) is 0. The fourth-order valence-corrected chi connectivity index (χ4v) is 3.14. The van der Waals surface area contributed by atoms with Crippen molar-refractivity contribution < 1.29 is 19.3 Å². The molecule has 0 aliphatic carbocycles. The molecule has 0 spiro atoms. The Morgan fingerprint density at radius 3 is 2.54 bits per heavy atom. The van der Waals surface area contributed by atoms with Crippen LogP contribution in [0.2, 0.25) is 0 Å². The standard InChI is InChI=1S/C18H13N3O5/c1-10-5-7-12(8-6-10)20-17(22)14-15(19-26-16(14)18(20)23)11-3-2-4-13(9-11)21(24)25/h2-9,14,16H,1H3. The zero-order valence-corrected chi connectivity index (χ0v) is 13.7. The maximum atomic E-state index is 12.9. The van der Waals surface area contributed by atoms with Crippen molar-refractivity contribution in [1.29, 1.82) is 0 Å². The zero-order chi connectivity index (χ0) is 18.4. The van der Waals surface area contributed by atoms with Crippen molar-refractivity contribution in [2.75, 3.05) is 4.90 Å². The van der Waals surface area contributed by atoms with E-state index in [9.17, 15) is 19.7 Å². The maximum absolute atomic E-state index is 12.9. The first-order valence-corrected chi connectivity index (χ1v) is 7.90. The van der Waals surface area contributed by atoms with E-state index in [1.807, 2.05) is 6.92 Å². The van der Waals surface area contributed by atoms with Crippen molar-refractivity contribution in [3.8, 4) is 0 Å². The van der Waals surface area contributed by atoms with Gasteiger partial charge < -0.3 is 4.84 Å². The first kappa shape index (κ1) is 15.9. The topological polar surface area (TPSA) is 102 Å². The molecule has 0 N–H and O–H groups in total. The number of nitrogens with zero attached hydrogens (tertiary/aromatic N) is 3. The van der Waals surface area contributed by atoms with Crippen LogP contribution in [0.25, 0.3) is 0 Å². The lowest BCUT2D eigenvalue weighted by atomic mass is 9.94. The van der Waals surface area contributed by atoms with E-state index < -0.39 is 28.8 Å². The maximum Gasteiger partial charge on any atom is 0.278 e. The van der Waals surface area contributed by atoms with Crippen LogP contribution in [0.4, 0.5) is 11.4 Å². The van der Waals surface area contributed by atoms with Crippen LogP contribution >= 0.6 is 0 Å². The number of anilines is 1. The van der Waals surface area contributed by atoms with Gasteiger partial charge in [0, 0.05) is 17.7 Å².